The zero-order chi connectivity index (χ0) is 65.8. The van der Waals surface area contributed by atoms with Crippen LogP contribution in [0.25, 0.3) is 210 Å². The Balaban J connectivity index is 0.751. The van der Waals surface area contributed by atoms with Gasteiger partial charge in [-0.1, -0.05) is 182 Å². The molecule has 8 heteroatoms. The maximum atomic E-state index is 13.7. The summed E-state index contributed by atoms with van der Waals surface area (Å²) in [6, 6.07) is 109. The van der Waals surface area contributed by atoms with Gasteiger partial charge in [-0.2, -0.15) is 0 Å². The minimum Gasteiger partial charge on any atom is -0.456 e. The van der Waals surface area contributed by atoms with Crippen molar-refractivity contribution >= 4 is 131 Å². The number of furan rings is 2. The van der Waals surface area contributed by atoms with Crippen molar-refractivity contribution in [1.29, 1.82) is 0 Å². The van der Waals surface area contributed by atoms with Crippen molar-refractivity contribution in [3.8, 4) is 78.1 Å². The highest BCUT2D eigenvalue weighted by atomic mass is 16.3. The fraction of sp³-hybridized carbons (Fsp3) is 0. The van der Waals surface area contributed by atoms with E-state index in [0.717, 1.165) is 155 Å². The molecule has 100 heavy (non-hydrogen) atoms. The molecule has 0 aliphatic carbocycles. The van der Waals surface area contributed by atoms with Crippen LogP contribution in [0.2, 0.25) is 0 Å². The molecule has 6 heterocycles. The van der Waals surface area contributed by atoms with Gasteiger partial charge in [0.1, 0.15) is 44.7 Å². The summed E-state index contributed by atoms with van der Waals surface area (Å²) < 4.78 is 30.5. The van der Waals surface area contributed by atoms with Gasteiger partial charge in [-0.25, -0.2) is 0 Å². The van der Waals surface area contributed by atoms with E-state index in [4.69, 9.17) is 17.7 Å². The second kappa shape index (κ2) is 21.5. The molecule has 0 spiro atoms. The van der Waals surface area contributed by atoms with Gasteiger partial charge < -0.3 is 26.8 Å². The number of hydrogen-bond donors (Lipinski definition) is 0. The highest BCUT2D eigenvalue weighted by Crippen LogP contribution is 2.46. The number of aromatic nitrogens is 2. The molecule has 21 rings (SSSR count). The topological polar surface area (TPSA) is 96.6 Å². The summed E-state index contributed by atoms with van der Waals surface area (Å²) in [4.78, 5) is 27.4. The lowest BCUT2D eigenvalue weighted by Crippen LogP contribution is -2.01. The summed E-state index contributed by atoms with van der Waals surface area (Å²) in [5.41, 5.74) is 24.1. The number of benzene rings is 15. The Kier molecular flexibility index (Phi) is 12.0. The van der Waals surface area contributed by atoms with Crippen molar-refractivity contribution in [2.24, 2.45) is 0 Å². The van der Waals surface area contributed by atoms with Crippen LogP contribution in [0.4, 0.5) is 0 Å². The molecular weight excluding hydrogens is 1230 g/mol. The Morgan fingerprint density at radius 1 is 0.180 bits per heavy atom. The molecule has 0 aliphatic rings. The predicted octanol–water partition coefficient (Wildman–Crippen LogP) is 24.2. The van der Waals surface area contributed by atoms with E-state index in [1.165, 1.54) is 10.8 Å². The Morgan fingerprint density at radius 3 is 0.840 bits per heavy atom. The van der Waals surface area contributed by atoms with Crippen molar-refractivity contribution in [3.05, 3.63) is 336 Å². The van der Waals surface area contributed by atoms with Crippen LogP contribution in [0.15, 0.2) is 343 Å². The summed E-state index contributed by atoms with van der Waals surface area (Å²) >= 11 is 0. The first-order valence-corrected chi connectivity index (χ1v) is 33.6. The van der Waals surface area contributed by atoms with E-state index in [0.29, 0.717) is 43.9 Å². The summed E-state index contributed by atoms with van der Waals surface area (Å²) in [6.45, 7) is 0. The Labute approximate surface area is 568 Å². The second-order valence-electron chi connectivity index (χ2n) is 26.1. The quantitative estimate of drug-likeness (QED) is 0.141. The molecule has 0 amide bonds. The normalized spacial score (nSPS) is 12.1. The first kappa shape index (κ1) is 55.7. The number of rotatable bonds is 8. The zero-order valence-corrected chi connectivity index (χ0v) is 53.4. The third-order valence-corrected chi connectivity index (χ3v) is 20.6. The van der Waals surface area contributed by atoms with Crippen LogP contribution in [0.3, 0.4) is 0 Å². The van der Waals surface area contributed by atoms with Gasteiger partial charge in [0.15, 0.2) is 0 Å². The van der Waals surface area contributed by atoms with Crippen LogP contribution < -0.4 is 10.9 Å². The number of hydrogen-bond acceptors (Lipinski definition) is 6. The minimum absolute atomic E-state index is 0.0466. The fourth-order valence-corrected chi connectivity index (χ4v) is 15.7. The van der Waals surface area contributed by atoms with E-state index in [9.17, 15) is 9.59 Å². The maximum Gasteiger partial charge on any atom is 0.200 e. The van der Waals surface area contributed by atoms with Crippen LogP contribution in [0.1, 0.15) is 0 Å². The molecule has 6 aromatic heterocycles. The summed E-state index contributed by atoms with van der Waals surface area (Å²) in [6.07, 6.45) is 0. The largest absolute Gasteiger partial charge is 0.456 e. The van der Waals surface area contributed by atoms with E-state index >= 15 is 0 Å². The van der Waals surface area contributed by atoms with Gasteiger partial charge in [0.05, 0.1) is 43.6 Å². The molecule has 0 fully saturated rings. The van der Waals surface area contributed by atoms with Gasteiger partial charge in [0, 0.05) is 66.6 Å². The fourth-order valence-electron chi connectivity index (χ4n) is 15.7. The lowest BCUT2D eigenvalue weighted by Gasteiger charge is -2.20. The Hall–Kier alpha value is -13.6. The minimum atomic E-state index is -0.0466. The average Bonchev–Trinajstić information content (AvgIpc) is 1.56. The molecule has 0 atom stereocenters. The number of fused-ring (bicyclic) bond motifs is 16. The standard InChI is InChI=1S/C92H52N2O6/c95-91-67-17-5-11-23-85(67)99-87-45-59(37-43-69(87)91)53-25-29-55(30-26-53)71-48-74(58-35-41-62(42-36-58)94-80-20-8-2-14-64(80)76-50-78-66-16-4-10-22-84(66)98-90(78)52-82(76)94)72(56-31-27-54(28-32-56)60-38-44-70-88(46-60)100-86-24-12-6-18-68(86)92(70)96)47-73(71)57-33-39-61(40-34-57)93-79-19-7-1-13-63(79)75-49-77-65-15-3-9-21-83(65)97-89(77)51-81(75)93/h1-52H. The lowest BCUT2D eigenvalue weighted by atomic mass is 9.85. The van der Waals surface area contributed by atoms with Crippen molar-refractivity contribution < 1.29 is 17.7 Å². The van der Waals surface area contributed by atoms with Gasteiger partial charge in [0.25, 0.3) is 0 Å². The van der Waals surface area contributed by atoms with E-state index in [2.05, 4.69) is 215 Å². The molecule has 21 aromatic rings. The summed E-state index contributed by atoms with van der Waals surface area (Å²) in [5, 5.41) is 11.3. The highest BCUT2D eigenvalue weighted by molar-refractivity contribution is 6.19. The molecule has 0 saturated carbocycles. The van der Waals surface area contributed by atoms with Gasteiger partial charge in [-0.3, -0.25) is 9.59 Å². The molecular formula is C92H52N2O6. The Bertz CT molecular complexity index is 6730. The van der Waals surface area contributed by atoms with Gasteiger partial charge >= 0.3 is 0 Å². The van der Waals surface area contributed by atoms with Crippen LogP contribution in [-0.2, 0) is 0 Å². The molecule has 0 bridgehead atoms. The first-order chi connectivity index (χ1) is 49.3. The number of nitrogens with zero attached hydrogens (tertiary/aromatic N) is 2. The predicted molar refractivity (Wildman–Crippen MR) is 409 cm³/mol. The molecule has 0 unspecified atom stereocenters. The van der Waals surface area contributed by atoms with Crippen LogP contribution in [0.5, 0.6) is 0 Å². The molecule has 8 nitrogen and oxygen atoms in total. The monoisotopic (exact) mass is 1280 g/mol. The van der Waals surface area contributed by atoms with Gasteiger partial charge in [-0.15, -0.1) is 0 Å². The third-order valence-electron chi connectivity index (χ3n) is 20.6. The lowest BCUT2D eigenvalue weighted by molar-refractivity contribution is 0.659. The van der Waals surface area contributed by atoms with Crippen LogP contribution in [0, 0.1) is 0 Å². The molecule has 0 aliphatic heterocycles. The van der Waals surface area contributed by atoms with Crippen molar-refractivity contribution in [3.63, 3.8) is 0 Å². The molecule has 466 valence electrons. The average molecular weight is 1280 g/mol. The van der Waals surface area contributed by atoms with E-state index < -0.39 is 0 Å². The molecule has 15 aromatic carbocycles. The van der Waals surface area contributed by atoms with Crippen molar-refractivity contribution in [2.45, 2.75) is 0 Å². The van der Waals surface area contributed by atoms with Crippen LogP contribution >= 0.6 is 0 Å². The van der Waals surface area contributed by atoms with E-state index in [-0.39, 0.29) is 10.9 Å². The van der Waals surface area contributed by atoms with Crippen LogP contribution in [-0.4, -0.2) is 9.13 Å². The SMILES string of the molecule is O=c1c2ccccc2oc2cc(-c3ccc(-c4cc(-c5ccc(-n6c7ccccc7c7cc8c(cc76)oc6ccccc68)cc5)c(-c5ccc(-c6ccc7c(=O)c8ccccc8oc7c6)cc5)cc4-c4ccc(-n5c6ccccc6c6cc7c(cc65)oc5ccccc57)cc4)cc3)ccc12. The smallest absolute Gasteiger partial charge is 0.200 e. The second-order valence-corrected chi connectivity index (χ2v) is 26.1. The zero-order valence-electron chi connectivity index (χ0n) is 53.4. The Morgan fingerprint density at radius 2 is 0.460 bits per heavy atom. The summed E-state index contributed by atoms with van der Waals surface area (Å²) in [5.74, 6) is 0. The summed E-state index contributed by atoms with van der Waals surface area (Å²) in [7, 11) is 0. The molecule has 0 saturated heterocycles. The van der Waals surface area contributed by atoms with Gasteiger partial charge in [0.2, 0.25) is 10.9 Å². The third kappa shape index (κ3) is 8.54. The van der Waals surface area contributed by atoms with Crippen molar-refractivity contribution in [1.82, 2.24) is 9.13 Å². The molecule has 0 N–H and O–H groups in total. The molecule has 0 radical (unpaired) electrons. The maximum absolute atomic E-state index is 13.7. The highest BCUT2D eigenvalue weighted by Gasteiger charge is 2.23. The van der Waals surface area contributed by atoms with Gasteiger partial charge in [-0.05, 0) is 188 Å². The first-order valence-electron chi connectivity index (χ1n) is 33.6. The van der Waals surface area contributed by atoms with E-state index in [1.807, 2.05) is 109 Å². The van der Waals surface area contributed by atoms with E-state index in [1.54, 1.807) is 0 Å². The number of para-hydroxylation sites is 6. The van der Waals surface area contributed by atoms with Crippen molar-refractivity contribution in [2.75, 3.05) is 0 Å².